The number of ether oxygens (including phenoxy) is 1. The summed E-state index contributed by atoms with van der Waals surface area (Å²) in [5.74, 6) is -3.12. The van der Waals surface area contributed by atoms with Gasteiger partial charge in [0.2, 0.25) is 11.8 Å². The minimum atomic E-state index is -1.99. The Hall–Kier alpha value is -2.98. The maximum Gasteiger partial charge on any atom is 0.332 e. The molecule has 0 radical (unpaired) electrons. The van der Waals surface area contributed by atoms with Crippen LogP contribution in [-0.2, 0) is 35.4 Å². The number of carbonyl (C=O) groups excluding carboxylic acids is 3. The quantitative estimate of drug-likeness (QED) is 0.295. The van der Waals surface area contributed by atoms with Crippen LogP contribution in [0.4, 0.5) is 5.69 Å². The first kappa shape index (κ1) is 29.6. The number of imide groups is 1. The first-order chi connectivity index (χ1) is 17.3. The van der Waals surface area contributed by atoms with Crippen LogP contribution in [0, 0.1) is 17.2 Å². The first-order valence-corrected chi connectivity index (χ1v) is 13.6. The zero-order chi connectivity index (χ0) is 28.8. The SMILES string of the molecule is CC(C)(C)OC(=O)[C@@](C#N)(c1ccccc1)[C@@H]1CC(=O)N(c2cc(C(C)(C)C)c(Br)cc2C(C)(C)C)C1=O. The summed E-state index contributed by atoms with van der Waals surface area (Å²) in [5, 5.41) is 10.6. The molecule has 3 rings (SSSR count). The molecular formula is C31H37BrN2O4. The highest BCUT2D eigenvalue weighted by Gasteiger charge is 2.59. The van der Waals surface area contributed by atoms with E-state index >= 15 is 0 Å². The van der Waals surface area contributed by atoms with Gasteiger partial charge < -0.3 is 4.74 Å². The average Bonchev–Trinajstić information content (AvgIpc) is 3.07. The zero-order valence-electron chi connectivity index (χ0n) is 23.7. The maximum absolute atomic E-state index is 14.2. The zero-order valence-corrected chi connectivity index (χ0v) is 25.3. The summed E-state index contributed by atoms with van der Waals surface area (Å²) in [7, 11) is 0. The Morgan fingerprint density at radius 1 is 0.947 bits per heavy atom. The Morgan fingerprint density at radius 3 is 1.97 bits per heavy atom. The molecule has 0 aliphatic carbocycles. The molecule has 1 saturated heterocycles. The van der Waals surface area contributed by atoms with Gasteiger partial charge in [-0.3, -0.25) is 9.59 Å². The van der Waals surface area contributed by atoms with Gasteiger partial charge in [0, 0.05) is 10.9 Å². The number of nitrogens with zero attached hydrogens (tertiary/aromatic N) is 2. The Balaban J connectivity index is 2.26. The third-order valence-corrected chi connectivity index (χ3v) is 7.39. The number of benzene rings is 2. The van der Waals surface area contributed by atoms with Crippen molar-refractivity contribution in [1.82, 2.24) is 0 Å². The molecule has 2 amide bonds. The van der Waals surface area contributed by atoms with Gasteiger partial charge in [0.25, 0.3) is 0 Å². The number of carbonyl (C=O) groups is 3. The fraction of sp³-hybridized carbons (Fsp3) is 0.484. The Morgan fingerprint density at radius 2 is 1.50 bits per heavy atom. The molecule has 0 unspecified atom stereocenters. The average molecular weight is 582 g/mol. The Labute approximate surface area is 234 Å². The second kappa shape index (κ2) is 9.96. The number of hydrogen-bond donors (Lipinski definition) is 0. The monoisotopic (exact) mass is 580 g/mol. The van der Waals surface area contributed by atoms with Crippen molar-refractivity contribution >= 4 is 39.4 Å². The van der Waals surface area contributed by atoms with Crippen molar-refractivity contribution in [2.45, 2.75) is 90.6 Å². The number of halogens is 1. The van der Waals surface area contributed by atoms with E-state index in [1.54, 1.807) is 51.1 Å². The molecule has 0 spiro atoms. The molecule has 1 heterocycles. The number of esters is 1. The highest BCUT2D eigenvalue weighted by atomic mass is 79.9. The summed E-state index contributed by atoms with van der Waals surface area (Å²) in [6.45, 7) is 17.3. The van der Waals surface area contributed by atoms with Crippen LogP contribution >= 0.6 is 15.9 Å². The normalized spacial score (nSPS) is 18.2. The molecule has 1 aliphatic rings. The number of hydrogen-bond acceptors (Lipinski definition) is 5. The molecule has 1 fully saturated rings. The minimum absolute atomic E-state index is 0.272. The molecule has 1 aliphatic heterocycles. The summed E-state index contributed by atoms with van der Waals surface area (Å²) in [5.41, 5.74) is -1.01. The van der Waals surface area contributed by atoms with Crippen molar-refractivity contribution < 1.29 is 19.1 Å². The summed E-state index contributed by atoms with van der Waals surface area (Å²) >= 11 is 3.69. The van der Waals surface area contributed by atoms with E-state index in [0.29, 0.717) is 11.3 Å². The topological polar surface area (TPSA) is 87.5 Å². The molecule has 0 aromatic heterocycles. The molecule has 2 atom stereocenters. The van der Waals surface area contributed by atoms with Gasteiger partial charge >= 0.3 is 5.97 Å². The van der Waals surface area contributed by atoms with Crippen molar-refractivity contribution in [3.63, 3.8) is 0 Å². The van der Waals surface area contributed by atoms with Gasteiger partial charge in [-0.15, -0.1) is 0 Å². The highest BCUT2D eigenvalue weighted by molar-refractivity contribution is 9.10. The van der Waals surface area contributed by atoms with Gasteiger partial charge in [0.1, 0.15) is 5.60 Å². The van der Waals surface area contributed by atoms with Gasteiger partial charge in [-0.25, -0.2) is 9.69 Å². The minimum Gasteiger partial charge on any atom is -0.459 e. The summed E-state index contributed by atoms with van der Waals surface area (Å²) in [6.07, 6.45) is -0.287. The fourth-order valence-corrected chi connectivity index (χ4v) is 5.79. The lowest BCUT2D eigenvalue weighted by Crippen LogP contribution is -2.48. The van der Waals surface area contributed by atoms with Crippen LogP contribution in [0.25, 0.3) is 0 Å². The summed E-state index contributed by atoms with van der Waals surface area (Å²) < 4.78 is 6.58. The molecular weight excluding hydrogens is 544 g/mol. The van der Waals surface area contributed by atoms with E-state index in [0.717, 1.165) is 15.6 Å². The largest absolute Gasteiger partial charge is 0.459 e. The Kier molecular flexibility index (Phi) is 7.75. The number of anilines is 1. The molecule has 202 valence electrons. The van der Waals surface area contributed by atoms with E-state index in [1.807, 2.05) is 32.9 Å². The van der Waals surface area contributed by atoms with E-state index in [1.165, 1.54) is 4.90 Å². The fourth-order valence-electron chi connectivity index (χ4n) is 4.85. The number of amides is 2. The smallest absolute Gasteiger partial charge is 0.332 e. The van der Waals surface area contributed by atoms with E-state index in [4.69, 9.17) is 4.74 Å². The van der Waals surface area contributed by atoms with Gasteiger partial charge in [-0.2, -0.15) is 5.26 Å². The maximum atomic E-state index is 14.2. The van der Waals surface area contributed by atoms with E-state index in [-0.39, 0.29) is 11.8 Å². The lowest BCUT2D eigenvalue weighted by atomic mass is 9.70. The van der Waals surface area contributed by atoms with Crippen molar-refractivity contribution in [2.75, 3.05) is 4.90 Å². The van der Waals surface area contributed by atoms with Crippen LogP contribution in [0.2, 0.25) is 0 Å². The second-order valence-electron chi connectivity index (χ2n) is 13.0. The van der Waals surface area contributed by atoms with Crippen LogP contribution in [0.1, 0.15) is 85.4 Å². The van der Waals surface area contributed by atoms with Gasteiger partial charge in [-0.1, -0.05) is 87.8 Å². The predicted octanol–water partition coefficient (Wildman–Crippen LogP) is 6.73. The standard InChI is InChI=1S/C31H37BrN2O4/c1-28(2,3)20-16-24(21(15-23(20)32)29(4,5)6)34-25(35)17-22(26(34)36)31(18-33,19-13-11-10-12-14-19)27(37)38-30(7,8)9/h10-16,22H,17H2,1-9H3/t22-,31+/m1/s1. The highest BCUT2D eigenvalue weighted by Crippen LogP contribution is 2.46. The lowest BCUT2D eigenvalue weighted by molar-refractivity contribution is -0.163. The molecule has 2 aromatic carbocycles. The van der Waals surface area contributed by atoms with Crippen LogP contribution in [0.3, 0.4) is 0 Å². The molecule has 6 nitrogen and oxygen atoms in total. The third-order valence-electron chi connectivity index (χ3n) is 6.74. The first-order valence-electron chi connectivity index (χ1n) is 12.8. The lowest BCUT2D eigenvalue weighted by Gasteiger charge is -2.33. The molecule has 38 heavy (non-hydrogen) atoms. The van der Waals surface area contributed by atoms with Crippen molar-refractivity contribution in [2.24, 2.45) is 5.92 Å². The van der Waals surface area contributed by atoms with Crippen LogP contribution in [0.5, 0.6) is 0 Å². The second-order valence-corrected chi connectivity index (χ2v) is 13.8. The van der Waals surface area contributed by atoms with Crippen molar-refractivity contribution in [1.29, 1.82) is 5.26 Å². The molecule has 7 heteroatoms. The van der Waals surface area contributed by atoms with Gasteiger partial charge in [0.15, 0.2) is 5.41 Å². The van der Waals surface area contributed by atoms with E-state index in [9.17, 15) is 19.6 Å². The van der Waals surface area contributed by atoms with E-state index in [2.05, 4.69) is 42.8 Å². The van der Waals surface area contributed by atoms with Crippen LogP contribution < -0.4 is 4.90 Å². The molecule has 0 bridgehead atoms. The van der Waals surface area contributed by atoms with Crippen molar-refractivity contribution in [3.8, 4) is 6.07 Å². The van der Waals surface area contributed by atoms with Crippen molar-refractivity contribution in [3.05, 3.63) is 63.6 Å². The predicted molar refractivity (Wildman–Crippen MR) is 152 cm³/mol. The third kappa shape index (κ3) is 5.42. The summed E-state index contributed by atoms with van der Waals surface area (Å²) in [6, 6.07) is 14.4. The molecule has 0 N–H and O–H groups in total. The molecule has 2 aromatic rings. The summed E-state index contributed by atoms with van der Waals surface area (Å²) in [4.78, 5) is 42.8. The van der Waals surface area contributed by atoms with Gasteiger partial charge in [-0.05, 0) is 60.4 Å². The van der Waals surface area contributed by atoms with E-state index < -0.39 is 40.1 Å². The van der Waals surface area contributed by atoms with Gasteiger partial charge in [0.05, 0.1) is 17.7 Å². The van der Waals surface area contributed by atoms with Crippen LogP contribution in [-0.4, -0.2) is 23.4 Å². The molecule has 0 saturated carbocycles. The number of rotatable bonds is 4. The van der Waals surface area contributed by atoms with Crippen LogP contribution in [0.15, 0.2) is 46.9 Å². The Bertz CT molecular complexity index is 1310. The number of nitriles is 1.